The summed E-state index contributed by atoms with van der Waals surface area (Å²) in [6.07, 6.45) is 8.54. The number of aromatic amines is 2. The summed E-state index contributed by atoms with van der Waals surface area (Å²) in [6, 6.07) is 12.5. The molecule has 0 atom stereocenters. The second kappa shape index (κ2) is 8.20. The maximum Gasteiger partial charge on any atom is 0.131 e. The van der Waals surface area contributed by atoms with Crippen LogP contribution in [0, 0.1) is 12.7 Å². The largest absolute Gasteiger partial charge is 0.397 e. The van der Waals surface area contributed by atoms with Gasteiger partial charge in [0.2, 0.25) is 0 Å². The summed E-state index contributed by atoms with van der Waals surface area (Å²) in [7, 11) is 0. The first-order chi connectivity index (χ1) is 16.0. The zero-order valence-electron chi connectivity index (χ0n) is 17.9. The van der Waals surface area contributed by atoms with Crippen molar-refractivity contribution in [3.8, 4) is 22.6 Å². The molecule has 0 aliphatic heterocycles. The predicted molar refractivity (Wildman–Crippen MR) is 130 cm³/mol. The quantitative estimate of drug-likeness (QED) is 0.310. The van der Waals surface area contributed by atoms with E-state index >= 15 is 0 Å². The minimum Gasteiger partial charge on any atom is -0.397 e. The normalized spacial score (nSPS) is 11.8. The molecule has 0 radical (unpaired) electrons. The molecule has 0 fully saturated rings. The van der Waals surface area contributed by atoms with Crippen molar-refractivity contribution in [1.82, 2.24) is 25.1 Å². The van der Waals surface area contributed by atoms with E-state index in [0.29, 0.717) is 11.3 Å². The van der Waals surface area contributed by atoms with Crippen molar-refractivity contribution < 1.29 is 4.39 Å². The Morgan fingerprint density at radius 3 is 2.73 bits per heavy atom. The van der Waals surface area contributed by atoms with Crippen molar-refractivity contribution in [3.63, 3.8) is 0 Å². The molecule has 0 unspecified atom stereocenters. The monoisotopic (exact) mass is 436 g/mol. The fraction of sp³-hybridized carbons (Fsp3) is 0.0385. The van der Waals surface area contributed by atoms with Gasteiger partial charge in [-0.3, -0.25) is 15.1 Å². The Hall–Kier alpha value is -4.52. The molecule has 5 aromatic rings. The molecule has 0 aliphatic rings. The number of nitrogens with one attached hydrogen (secondary N) is 2. The molecule has 162 valence electrons. The summed E-state index contributed by atoms with van der Waals surface area (Å²) in [5.41, 5.74) is 13.4. The van der Waals surface area contributed by atoms with E-state index in [1.165, 1.54) is 6.07 Å². The Labute approximate surface area is 189 Å². The molecule has 4 aromatic heterocycles. The van der Waals surface area contributed by atoms with E-state index in [0.717, 1.165) is 50.4 Å². The van der Waals surface area contributed by atoms with Crippen molar-refractivity contribution >= 4 is 22.2 Å². The number of nitrogen functional groups attached to an aromatic ring is 1. The van der Waals surface area contributed by atoms with Gasteiger partial charge in [-0.15, -0.1) is 0 Å². The molecular formula is C26H21FN6. The number of aromatic nitrogens is 5. The molecule has 1 aromatic carbocycles. The highest BCUT2D eigenvalue weighted by atomic mass is 19.1. The third-order valence-electron chi connectivity index (χ3n) is 5.51. The molecule has 7 heteroatoms. The van der Waals surface area contributed by atoms with Crippen LogP contribution in [0.2, 0.25) is 0 Å². The molecule has 4 N–H and O–H groups in total. The number of benzene rings is 1. The number of halogens is 1. The fourth-order valence-corrected chi connectivity index (χ4v) is 3.97. The topological polar surface area (TPSA) is 96.3 Å². The van der Waals surface area contributed by atoms with Crippen LogP contribution < -0.4 is 5.73 Å². The molecule has 33 heavy (non-hydrogen) atoms. The molecule has 0 saturated heterocycles. The van der Waals surface area contributed by atoms with Gasteiger partial charge in [-0.2, -0.15) is 5.10 Å². The van der Waals surface area contributed by atoms with Gasteiger partial charge < -0.3 is 10.7 Å². The molecular weight excluding hydrogens is 415 g/mol. The predicted octanol–water partition coefficient (Wildman–Crippen LogP) is 5.66. The standard InChI is InChI=1S/C26H21FN6/c1-3-6-18(19-7-4-5-8-22(19)27)20-10-24(31-15(20)2)26-21-11-23(30-14-25(21)32-33-26)16-9-17(28)13-29-12-16/h3-14,31H,1,28H2,2H3,(H,32,33)/b18-6-. The minimum absolute atomic E-state index is 0.288. The van der Waals surface area contributed by atoms with Gasteiger partial charge in [-0.05, 0) is 36.8 Å². The second-order valence-electron chi connectivity index (χ2n) is 7.71. The van der Waals surface area contributed by atoms with Crippen LogP contribution in [0.5, 0.6) is 0 Å². The van der Waals surface area contributed by atoms with Crippen LogP contribution in [0.15, 0.2) is 79.8 Å². The highest BCUT2D eigenvalue weighted by molar-refractivity contribution is 5.95. The average molecular weight is 436 g/mol. The number of H-pyrrole nitrogens is 2. The number of nitrogens with zero attached hydrogens (tertiary/aromatic N) is 3. The van der Waals surface area contributed by atoms with Gasteiger partial charge in [0.15, 0.2) is 0 Å². The molecule has 5 rings (SSSR count). The van der Waals surface area contributed by atoms with Crippen LogP contribution in [-0.4, -0.2) is 25.1 Å². The van der Waals surface area contributed by atoms with Gasteiger partial charge in [-0.25, -0.2) is 4.39 Å². The number of allylic oxidation sites excluding steroid dienone is 2. The highest BCUT2D eigenvalue weighted by Crippen LogP contribution is 2.34. The van der Waals surface area contributed by atoms with Gasteiger partial charge in [0, 0.05) is 40.2 Å². The number of rotatable bonds is 5. The summed E-state index contributed by atoms with van der Waals surface area (Å²) in [5, 5.41) is 8.45. The van der Waals surface area contributed by atoms with Crippen LogP contribution >= 0.6 is 0 Å². The first-order valence-corrected chi connectivity index (χ1v) is 10.4. The van der Waals surface area contributed by atoms with E-state index in [1.807, 2.05) is 37.3 Å². The molecule has 0 aliphatic carbocycles. The van der Waals surface area contributed by atoms with E-state index in [4.69, 9.17) is 5.73 Å². The SMILES string of the molecule is C=C/C=C(/c1ccccc1F)c1cc(-c2n[nH]c3cnc(-c4cncc(N)c4)cc23)[nH]c1C. The van der Waals surface area contributed by atoms with Gasteiger partial charge in [0.1, 0.15) is 11.5 Å². The van der Waals surface area contributed by atoms with Crippen LogP contribution in [-0.2, 0) is 0 Å². The van der Waals surface area contributed by atoms with Crippen LogP contribution in [0.25, 0.3) is 39.1 Å². The van der Waals surface area contributed by atoms with E-state index < -0.39 is 0 Å². The first-order valence-electron chi connectivity index (χ1n) is 10.4. The van der Waals surface area contributed by atoms with Crippen molar-refractivity contribution in [2.24, 2.45) is 0 Å². The Morgan fingerprint density at radius 1 is 1.09 bits per heavy atom. The molecule has 6 nitrogen and oxygen atoms in total. The summed E-state index contributed by atoms with van der Waals surface area (Å²) >= 11 is 0. The van der Waals surface area contributed by atoms with Gasteiger partial charge >= 0.3 is 0 Å². The first kappa shape index (κ1) is 20.4. The van der Waals surface area contributed by atoms with E-state index in [-0.39, 0.29) is 5.82 Å². The molecule has 0 amide bonds. The summed E-state index contributed by atoms with van der Waals surface area (Å²) < 4.78 is 14.6. The van der Waals surface area contributed by atoms with Crippen molar-refractivity contribution in [2.75, 3.05) is 5.73 Å². The number of hydrogen-bond donors (Lipinski definition) is 3. The third kappa shape index (κ3) is 3.70. The highest BCUT2D eigenvalue weighted by Gasteiger charge is 2.18. The van der Waals surface area contributed by atoms with Gasteiger partial charge in [-0.1, -0.05) is 36.9 Å². The Bertz CT molecular complexity index is 1530. The van der Waals surface area contributed by atoms with E-state index in [9.17, 15) is 4.39 Å². The number of fused-ring (bicyclic) bond motifs is 1. The zero-order chi connectivity index (χ0) is 22.9. The van der Waals surface area contributed by atoms with Crippen LogP contribution in [0.1, 0.15) is 16.8 Å². The summed E-state index contributed by atoms with van der Waals surface area (Å²) in [6.45, 7) is 5.76. The Kier molecular flexibility index (Phi) is 5.06. The number of anilines is 1. The molecule has 0 saturated carbocycles. The molecule has 4 heterocycles. The summed E-state index contributed by atoms with van der Waals surface area (Å²) in [4.78, 5) is 12.1. The van der Waals surface area contributed by atoms with Crippen molar-refractivity contribution in [2.45, 2.75) is 6.92 Å². The van der Waals surface area contributed by atoms with E-state index in [2.05, 4.69) is 31.7 Å². The van der Waals surface area contributed by atoms with Crippen molar-refractivity contribution in [1.29, 1.82) is 0 Å². The lowest BCUT2D eigenvalue weighted by atomic mass is 9.97. The minimum atomic E-state index is -0.288. The maximum atomic E-state index is 14.6. The summed E-state index contributed by atoms with van der Waals surface area (Å²) in [5.74, 6) is -0.288. The van der Waals surface area contributed by atoms with E-state index in [1.54, 1.807) is 36.8 Å². The number of aryl methyl sites for hydroxylation is 1. The number of pyridine rings is 2. The maximum absolute atomic E-state index is 14.6. The second-order valence-corrected chi connectivity index (χ2v) is 7.71. The Balaban J connectivity index is 1.62. The molecule has 0 spiro atoms. The lowest BCUT2D eigenvalue weighted by molar-refractivity contribution is 0.624. The number of nitrogens with two attached hydrogens (primary N) is 1. The van der Waals surface area contributed by atoms with Crippen molar-refractivity contribution in [3.05, 3.63) is 102 Å². The van der Waals surface area contributed by atoms with Crippen LogP contribution in [0.3, 0.4) is 0 Å². The lowest BCUT2D eigenvalue weighted by Gasteiger charge is -2.08. The Morgan fingerprint density at radius 2 is 1.94 bits per heavy atom. The van der Waals surface area contributed by atoms with Gasteiger partial charge in [0.05, 0.1) is 28.8 Å². The number of hydrogen-bond acceptors (Lipinski definition) is 4. The third-order valence-corrected chi connectivity index (χ3v) is 5.51. The zero-order valence-corrected chi connectivity index (χ0v) is 17.9. The smallest absolute Gasteiger partial charge is 0.131 e. The lowest BCUT2D eigenvalue weighted by Crippen LogP contribution is -1.92. The molecule has 0 bridgehead atoms. The average Bonchev–Trinajstić information content (AvgIpc) is 3.41. The van der Waals surface area contributed by atoms with Gasteiger partial charge in [0.25, 0.3) is 0 Å². The fourth-order valence-electron chi connectivity index (χ4n) is 3.97. The van der Waals surface area contributed by atoms with Crippen LogP contribution in [0.4, 0.5) is 10.1 Å².